The molecule has 0 spiro atoms. The Morgan fingerprint density at radius 3 is 2.85 bits per heavy atom. The number of hydrogen-bond acceptors (Lipinski definition) is 4. The van der Waals surface area contributed by atoms with Gasteiger partial charge in [-0.05, 0) is 26.0 Å². The summed E-state index contributed by atoms with van der Waals surface area (Å²) in [6.07, 6.45) is 0.00933. The first-order valence-corrected chi connectivity index (χ1v) is 6.55. The van der Waals surface area contributed by atoms with Crippen LogP contribution in [0.5, 0.6) is 0 Å². The number of ether oxygens (including phenoxy) is 1. The quantitative estimate of drug-likeness (QED) is 0.792. The number of carbonyl (C=O) groups is 2. The van der Waals surface area contributed by atoms with Crippen LogP contribution < -0.4 is 10.2 Å². The number of Topliss-reactive ketones (excluding diaryl/α,β-unsaturated/α-hetero) is 1. The van der Waals surface area contributed by atoms with Gasteiger partial charge in [0.2, 0.25) is 0 Å². The average molecular weight is 278 g/mol. The topological polar surface area (TPSA) is 58.6 Å². The minimum atomic E-state index is -0.708. The molecule has 0 bridgehead atoms. The fourth-order valence-corrected chi connectivity index (χ4v) is 2.61. The van der Waals surface area contributed by atoms with E-state index in [0.717, 1.165) is 6.07 Å². The summed E-state index contributed by atoms with van der Waals surface area (Å²) in [5.74, 6) is -1.89. The number of ketones is 1. The molecule has 2 aliphatic rings. The summed E-state index contributed by atoms with van der Waals surface area (Å²) in [7, 11) is 0. The molecule has 0 radical (unpaired) electrons. The number of nitrogens with zero attached hydrogens (tertiary/aromatic N) is 1. The van der Waals surface area contributed by atoms with Crippen molar-refractivity contribution in [3.8, 4) is 0 Å². The van der Waals surface area contributed by atoms with E-state index in [1.165, 1.54) is 6.07 Å². The van der Waals surface area contributed by atoms with Gasteiger partial charge >= 0.3 is 0 Å². The van der Waals surface area contributed by atoms with E-state index >= 15 is 0 Å². The third-order valence-electron chi connectivity index (χ3n) is 3.70. The van der Waals surface area contributed by atoms with E-state index in [2.05, 4.69) is 5.32 Å². The second kappa shape index (κ2) is 4.56. The van der Waals surface area contributed by atoms with Gasteiger partial charge in [-0.2, -0.15) is 0 Å². The summed E-state index contributed by atoms with van der Waals surface area (Å²) in [5.41, 5.74) is 0.870. The average Bonchev–Trinajstić information content (AvgIpc) is 2.68. The zero-order valence-corrected chi connectivity index (χ0v) is 11.3. The Labute approximate surface area is 115 Å². The normalized spacial score (nSPS) is 25.6. The van der Waals surface area contributed by atoms with Crippen LogP contribution in [-0.4, -0.2) is 37.0 Å². The van der Waals surface area contributed by atoms with Crippen molar-refractivity contribution in [3.63, 3.8) is 0 Å². The third kappa shape index (κ3) is 1.96. The Morgan fingerprint density at radius 1 is 1.35 bits per heavy atom. The predicted octanol–water partition coefficient (Wildman–Crippen LogP) is 1.57. The maximum Gasteiger partial charge on any atom is 0.296 e. The van der Waals surface area contributed by atoms with Gasteiger partial charge in [-0.25, -0.2) is 4.39 Å². The lowest BCUT2D eigenvalue weighted by molar-refractivity contribution is -0.112. The molecule has 1 fully saturated rings. The van der Waals surface area contributed by atoms with E-state index in [0.29, 0.717) is 24.5 Å². The molecule has 6 heteroatoms. The molecule has 20 heavy (non-hydrogen) atoms. The molecule has 1 saturated heterocycles. The third-order valence-corrected chi connectivity index (χ3v) is 3.70. The Morgan fingerprint density at radius 2 is 2.10 bits per heavy atom. The molecule has 1 amide bonds. The summed E-state index contributed by atoms with van der Waals surface area (Å²) in [6.45, 7) is 4.96. The molecule has 1 aromatic carbocycles. The van der Waals surface area contributed by atoms with Gasteiger partial charge in [-0.3, -0.25) is 9.59 Å². The Hall–Kier alpha value is -1.95. The van der Waals surface area contributed by atoms with Crippen LogP contribution in [0.2, 0.25) is 0 Å². The number of carbonyl (C=O) groups excluding carboxylic acids is 2. The number of morpholine rings is 1. The first-order valence-electron chi connectivity index (χ1n) is 6.55. The van der Waals surface area contributed by atoms with Crippen molar-refractivity contribution in [1.82, 2.24) is 0 Å². The Bertz CT molecular complexity index is 602. The zero-order valence-electron chi connectivity index (χ0n) is 11.3. The standard InChI is InChI=1S/C14H15FN2O3/c1-7-6-20-8(2)5-17(7)12-4-11-9(3-10(12)15)13(18)14(19)16-11/h3-4,7-8H,5-6H2,1-2H3,(H,16,18,19). The number of benzene rings is 1. The van der Waals surface area contributed by atoms with Gasteiger partial charge < -0.3 is 15.0 Å². The number of hydrogen-bond donors (Lipinski definition) is 1. The maximum atomic E-state index is 14.3. The monoisotopic (exact) mass is 278 g/mol. The van der Waals surface area contributed by atoms with Crippen LogP contribution in [0, 0.1) is 5.82 Å². The molecule has 3 rings (SSSR count). The Balaban J connectivity index is 2.01. The molecule has 0 saturated carbocycles. The molecule has 2 atom stereocenters. The van der Waals surface area contributed by atoms with Crippen LogP contribution in [-0.2, 0) is 9.53 Å². The molecule has 5 nitrogen and oxygen atoms in total. The highest BCUT2D eigenvalue weighted by atomic mass is 19.1. The van der Waals surface area contributed by atoms with Gasteiger partial charge in [0.05, 0.1) is 29.6 Å². The first kappa shape index (κ1) is 13.1. The lowest BCUT2D eigenvalue weighted by Gasteiger charge is -2.38. The number of anilines is 2. The highest BCUT2D eigenvalue weighted by Crippen LogP contribution is 2.33. The van der Waals surface area contributed by atoms with Crippen molar-refractivity contribution in [1.29, 1.82) is 0 Å². The van der Waals surface area contributed by atoms with Gasteiger partial charge in [0.25, 0.3) is 11.7 Å². The molecule has 1 N–H and O–H groups in total. The van der Waals surface area contributed by atoms with Gasteiger partial charge in [0, 0.05) is 12.6 Å². The van der Waals surface area contributed by atoms with E-state index in [1.54, 1.807) is 0 Å². The lowest BCUT2D eigenvalue weighted by Crippen LogP contribution is -2.47. The number of nitrogens with one attached hydrogen (secondary N) is 1. The predicted molar refractivity (Wildman–Crippen MR) is 71.6 cm³/mol. The lowest BCUT2D eigenvalue weighted by atomic mass is 10.1. The minimum Gasteiger partial charge on any atom is -0.375 e. The summed E-state index contributed by atoms with van der Waals surface area (Å²) in [5, 5.41) is 2.47. The van der Waals surface area contributed by atoms with Crippen LogP contribution in [0.1, 0.15) is 24.2 Å². The van der Waals surface area contributed by atoms with Crippen molar-refractivity contribution in [2.75, 3.05) is 23.4 Å². The van der Waals surface area contributed by atoms with E-state index in [9.17, 15) is 14.0 Å². The van der Waals surface area contributed by atoms with Crippen LogP contribution in [0.25, 0.3) is 0 Å². The molecule has 2 aliphatic heterocycles. The summed E-state index contributed by atoms with van der Waals surface area (Å²) < 4.78 is 19.8. The number of amides is 1. The van der Waals surface area contributed by atoms with Crippen LogP contribution in [0.4, 0.5) is 15.8 Å². The van der Waals surface area contributed by atoms with Gasteiger partial charge in [0.1, 0.15) is 5.82 Å². The maximum absolute atomic E-state index is 14.3. The second-order valence-electron chi connectivity index (χ2n) is 5.28. The SMILES string of the molecule is CC1CN(c2cc3c(cc2F)C(=O)C(=O)N3)C(C)CO1. The summed E-state index contributed by atoms with van der Waals surface area (Å²) >= 11 is 0. The highest BCUT2D eigenvalue weighted by molar-refractivity contribution is 6.51. The molecule has 2 heterocycles. The van der Waals surface area contributed by atoms with Gasteiger partial charge in [0.15, 0.2) is 0 Å². The molecular formula is C14H15FN2O3. The fourth-order valence-electron chi connectivity index (χ4n) is 2.61. The summed E-state index contributed by atoms with van der Waals surface area (Å²) in [6, 6.07) is 2.70. The van der Waals surface area contributed by atoms with E-state index in [1.807, 2.05) is 18.7 Å². The molecule has 0 aliphatic carbocycles. The number of halogens is 1. The number of fused-ring (bicyclic) bond motifs is 1. The summed E-state index contributed by atoms with van der Waals surface area (Å²) in [4.78, 5) is 24.8. The largest absolute Gasteiger partial charge is 0.375 e. The van der Waals surface area contributed by atoms with Crippen molar-refractivity contribution < 1.29 is 18.7 Å². The fraction of sp³-hybridized carbons (Fsp3) is 0.429. The molecule has 1 aromatic rings. The minimum absolute atomic E-state index is 0.00933. The van der Waals surface area contributed by atoms with E-state index in [-0.39, 0.29) is 17.7 Å². The molecular weight excluding hydrogens is 263 g/mol. The van der Waals surface area contributed by atoms with Gasteiger partial charge in [-0.1, -0.05) is 0 Å². The first-order chi connectivity index (χ1) is 9.47. The van der Waals surface area contributed by atoms with Crippen molar-refractivity contribution >= 4 is 23.1 Å². The molecule has 0 aromatic heterocycles. The van der Waals surface area contributed by atoms with Crippen LogP contribution in [0.15, 0.2) is 12.1 Å². The highest BCUT2D eigenvalue weighted by Gasteiger charge is 2.32. The Kier molecular flexibility index (Phi) is 2.97. The zero-order chi connectivity index (χ0) is 14.4. The molecule has 106 valence electrons. The second-order valence-corrected chi connectivity index (χ2v) is 5.28. The van der Waals surface area contributed by atoms with Crippen molar-refractivity contribution in [2.45, 2.75) is 26.0 Å². The van der Waals surface area contributed by atoms with Crippen LogP contribution in [0.3, 0.4) is 0 Å². The van der Waals surface area contributed by atoms with E-state index in [4.69, 9.17) is 4.74 Å². The van der Waals surface area contributed by atoms with Crippen LogP contribution >= 0.6 is 0 Å². The van der Waals surface area contributed by atoms with Crippen molar-refractivity contribution in [3.05, 3.63) is 23.5 Å². The van der Waals surface area contributed by atoms with Crippen molar-refractivity contribution in [2.24, 2.45) is 0 Å². The smallest absolute Gasteiger partial charge is 0.296 e. The van der Waals surface area contributed by atoms with Gasteiger partial charge in [-0.15, -0.1) is 0 Å². The number of rotatable bonds is 1. The van der Waals surface area contributed by atoms with E-state index < -0.39 is 17.5 Å². The molecule has 2 unspecified atom stereocenters.